The van der Waals surface area contributed by atoms with Gasteiger partial charge in [-0.25, -0.2) is 4.79 Å². The molecule has 0 aliphatic carbocycles. The van der Waals surface area contributed by atoms with Crippen molar-refractivity contribution < 1.29 is 14.7 Å². The molecule has 1 aromatic carbocycles. The summed E-state index contributed by atoms with van der Waals surface area (Å²) < 4.78 is 0.926. The molecule has 1 aliphatic heterocycles. The Kier molecular flexibility index (Phi) is 3.25. The number of aromatic nitrogens is 1. The first-order valence-electron chi connectivity index (χ1n) is 6.38. The van der Waals surface area contributed by atoms with Gasteiger partial charge in [-0.1, -0.05) is 22.0 Å². The Hall–Kier alpha value is -1.82. The summed E-state index contributed by atoms with van der Waals surface area (Å²) in [4.78, 5) is 28.1. The van der Waals surface area contributed by atoms with Crippen LogP contribution in [0.3, 0.4) is 0 Å². The van der Waals surface area contributed by atoms with E-state index in [0.717, 1.165) is 21.8 Å². The van der Waals surface area contributed by atoms with Gasteiger partial charge in [-0.15, -0.1) is 0 Å². The van der Waals surface area contributed by atoms with Crippen molar-refractivity contribution in [2.45, 2.75) is 18.9 Å². The number of benzene rings is 1. The van der Waals surface area contributed by atoms with Crippen molar-refractivity contribution in [3.63, 3.8) is 0 Å². The largest absolute Gasteiger partial charge is 0.480 e. The molecular weight excluding hydrogens is 324 g/mol. The quantitative estimate of drug-likeness (QED) is 0.885. The first-order chi connectivity index (χ1) is 9.56. The van der Waals surface area contributed by atoms with Gasteiger partial charge in [0.15, 0.2) is 0 Å². The van der Waals surface area contributed by atoms with Gasteiger partial charge in [0.25, 0.3) is 5.91 Å². The Morgan fingerprint density at radius 3 is 2.90 bits per heavy atom. The smallest absolute Gasteiger partial charge is 0.326 e. The van der Waals surface area contributed by atoms with E-state index in [2.05, 4.69) is 20.9 Å². The topological polar surface area (TPSA) is 73.4 Å². The van der Waals surface area contributed by atoms with Crippen LogP contribution in [0.15, 0.2) is 28.7 Å². The van der Waals surface area contributed by atoms with E-state index in [9.17, 15) is 9.59 Å². The Morgan fingerprint density at radius 2 is 2.15 bits per heavy atom. The number of hydrogen-bond acceptors (Lipinski definition) is 2. The van der Waals surface area contributed by atoms with Crippen LogP contribution in [0.1, 0.15) is 23.3 Å². The van der Waals surface area contributed by atoms with Crippen molar-refractivity contribution in [3.8, 4) is 0 Å². The standard InChI is InChI=1S/C14H13BrN2O3/c15-9-4-3-8-6-11(16-10(8)7-9)13(18)17-5-1-2-12(17)14(19)20/h3-4,6-7,12,16H,1-2,5H2,(H,19,20). The molecule has 1 atom stereocenters. The number of carbonyl (C=O) groups is 2. The number of carboxylic acid groups (broad SMARTS) is 1. The number of nitrogens with zero attached hydrogens (tertiary/aromatic N) is 1. The van der Waals surface area contributed by atoms with Gasteiger partial charge in [-0.3, -0.25) is 4.79 Å². The summed E-state index contributed by atoms with van der Waals surface area (Å²) in [5.41, 5.74) is 1.29. The second-order valence-electron chi connectivity index (χ2n) is 4.91. The fourth-order valence-electron chi connectivity index (χ4n) is 2.64. The lowest BCUT2D eigenvalue weighted by molar-refractivity contribution is -0.141. The fraction of sp³-hybridized carbons (Fsp3) is 0.286. The number of hydrogen-bond donors (Lipinski definition) is 2. The van der Waals surface area contributed by atoms with Gasteiger partial charge in [0.1, 0.15) is 11.7 Å². The minimum absolute atomic E-state index is 0.248. The summed E-state index contributed by atoms with van der Waals surface area (Å²) in [6, 6.07) is 6.76. The number of carbonyl (C=O) groups excluding carboxylic acids is 1. The van der Waals surface area contributed by atoms with Crippen molar-refractivity contribution in [2.75, 3.05) is 6.54 Å². The Balaban J connectivity index is 1.94. The molecule has 3 rings (SSSR count). The van der Waals surface area contributed by atoms with E-state index in [1.165, 1.54) is 4.90 Å². The van der Waals surface area contributed by atoms with Crippen LogP contribution in [0.25, 0.3) is 10.9 Å². The number of nitrogens with one attached hydrogen (secondary N) is 1. The summed E-state index contributed by atoms with van der Waals surface area (Å²) in [7, 11) is 0. The van der Waals surface area contributed by atoms with Crippen molar-refractivity contribution >= 4 is 38.7 Å². The number of amides is 1. The molecule has 1 fully saturated rings. The summed E-state index contributed by atoms with van der Waals surface area (Å²) in [5, 5.41) is 10.1. The third-order valence-corrected chi connectivity index (χ3v) is 4.11. The predicted octanol–water partition coefficient (Wildman–Crippen LogP) is 2.62. The van der Waals surface area contributed by atoms with Gasteiger partial charge in [0, 0.05) is 21.9 Å². The highest BCUT2D eigenvalue weighted by atomic mass is 79.9. The first-order valence-corrected chi connectivity index (χ1v) is 7.17. The van der Waals surface area contributed by atoms with Crippen molar-refractivity contribution in [2.24, 2.45) is 0 Å². The summed E-state index contributed by atoms with van der Waals surface area (Å²) in [6.45, 7) is 0.495. The molecule has 1 unspecified atom stereocenters. The van der Waals surface area contributed by atoms with Crippen LogP contribution >= 0.6 is 15.9 Å². The molecule has 5 nitrogen and oxygen atoms in total. The lowest BCUT2D eigenvalue weighted by atomic mass is 10.2. The molecular formula is C14H13BrN2O3. The highest BCUT2D eigenvalue weighted by molar-refractivity contribution is 9.10. The molecule has 2 N–H and O–H groups in total. The number of halogens is 1. The van der Waals surface area contributed by atoms with Crippen LogP contribution in [0, 0.1) is 0 Å². The normalized spacial score (nSPS) is 18.6. The summed E-state index contributed by atoms with van der Waals surface area (Å²) in [5.74, 6) is -1.18. The summed E-state index contributed by atoms with van der Waals surface area (Å²) in [6.07, 6.45) is 1.25. The van der Waals surface area contributed by atoms with E-state index in [1.54, 1.807) is 6.07 Å². The molecule has 1 saturated heterocycles. The summed E-state index contributed by atoms with van der Waals surface area (Å²) >= 11 is 3.38. The maximum absolute atomic E-state index is 12.4. The Morgan fingerprint density at radius 1 is 1.35 bits per heavy atom. The average Bonchev–Trinajstić information content (AvgIpc) is 3.03. The zero-order chi connectivity index (χ0) is 14.3. The van der Waals surface area contributed by atoms with Crippen molar-refractivity contribution in [3.05, 3.63) is 34.4 Å². The molecule has 0 spiro atoms. The number of H-pyrrole nitrogens is 1. The van der Waals surface area contributed by atoms with E-state index in [-0.39, 0.29) is 5.91 Å². The van der Waals surface area contributed by atoms with Gasteiger partial charge >= 0.3 is 5.97 Å². The third-order valence-electron chi connectivity index (χ3n) is 3.61. The first kappa shape index (κ1) is 13.2. The SMILES string of the molecule is O=C(O)C1CCCN1C(=O)c1cc2ccc(Br)cc2[nH]1. The van der Waals surface area contributed by atoms with Crippen LogP contribution in [-0.2, 0) is 4.79 Å². The number of aromatic amines is 1. The van der Waals surface area contributed by atoms with Crippen molar-refractivity contribution in [1.29, 1.82) is 0 Å². The second-order valence-corrected chi connectivity index (χ2v) is 5.83. The monoisotopic (exact) mass is 336 g/mol. The molecule has 2 heterocycles. The lowest BCUT2D eigenvalue weighted by Gasteiger charge is -2.20. The predicted molar refractivity (Wildman–Crippen MR) is 77.7 cm³/mol. The highest BCUT2D eigenvalue weighted by Gasteiger charge is 2.34. The van der Waals surface area contributed by atoms with E-state index in [4.69, 9.17) is 5.11 Å². The van der Waals surface area contributed by atoms with Gasteiger partial charge in [-0.05, 0) is 31.0 Å². The van der Waals surface area contributed by atoms with Crippen LogP contribution in [-0.4, -0.2) is 39.5 Å². The molecule has 104 valence electrons. The lowest BCUT2D eigenvalue weighted by Crippen LogP contribution is -2.40. The van der Waals surface area contributed by atoms with Crippen molar-refractivity contribution in [1.82, 2.24) is 9.88 Å². The molecule has 6 heteroatoms. The molecule has 20 heavy (non-hydrogen) atoms. The minimum atomic E-state index is -0.935. The van der Waals surface area contributed by atoms with Gasteiger partial charge < -0.3 is 15.0 Å². The molecule has 1 aromatic heterocycles. The minimum Gasteiger partial charge on any atom is -0.480 e. The van der Waals surface area contributed by atoms with E-state index in [0.29, 0.717) is 18.7 Å². The Labute approximate surface area is 123 Å². The number of aliphatic carboxylic acids is 1. The molecule has 0 radical (unpaired) electrons. The van der Waals surface area contributed by atoms with Gasteiger partial charge in [0.2, 0.25) is 0 Å². The van der Waals surface area contributed by atoms with E-state index < -0.39 is 12.0 Å². The zero-order valence-electron chi connectivity index (χ0n) is 10.6. The molecule has 2 aromatic rings. The van der Waals surface area contributed by atoms with Gasteiger partial charge in [-0.2, -0.15) is 0 Å². The third kappa shape index (κ3) is 2.20. The second kappa shape index (κ2) is 4.94. The zero-order valence-corrected chi connectivity index (χ0v) is 12.2. The maximum atomic E-state index is 12.4. The van der Waals surface area contributed by atoms with Crippen LogP contribution in [0.2, 0.25) is 0 Å². The van der Waals surface area contributed by atoms with Gasteiger partial charge in [0.05, 0.1) is 0 Å². The molecule has 1 aliphatic rings. The molecule has 0 saturated carbocycles. The van der Waals surface area contributed by atoms with Crippen LogP contribution < -0.4 is 0 Å². The number of carboxylic acids is 1. The average molecular weight is 337 g/mol. The van der Waals surface area contributed by atoms with Crippen LogP contribution in [0.5, 0.6) is 0 Å². The molecule has 1 amide bonds. The van der Waals surface area contributed by atoms with E-state index >= 15 is 0 Å². The number of rotatable bonds is 2. The molecule has 0 bridgehead atoms. The number of likely N-dealkylation sites (tertiary alicyclic amines) is 1. The maximum Gasteiger partial charge on any atom is 0.326 e. The fourth-order valence-corrected chi connectivity index (χ4v) is 3.00. The highest BCUT2D eigenvalue weighted by Crippen LogP contribution is 2.24. The number of fused-ring (bicyclic) bond motifs is 1. The Bertz CT molecular complexity index is 695. The van der Waals surface area contributed by atoms with Crippen LogP contribution in [0.4, 0.5) is 0 Å². The van der Waals surface area contributed by atoms with E-state index in [1.807, 2.05) is 18.2 Å².